The Bertz CT molecular complexity index is 1080. The molecule has 1 amide bonds. The van der Waals surface area contributed by atoms with Crippen LogP contribution < -0.4 is 4.74 Å². The van der Waals surface area contributed by atoms with E-state index in [2.05, 4.69) is 50.9 Å². The molecule has 4 rings (SSSR count). The first-order valence-corrected chi connectivity index (χ1v) is 12.8. The van der Waals surface area contributed by atoms with Gasteiger partial charge in [0.05, 0.1) is 17.9 Å². The summed E-state index contributed by atoms with van der Waals surface area (Å²) in [7, 11) is 1.66. The maximum absolute atomic E-state index is 13.2. The molecule has 0 saturated carbocycles. The van der Waals surface area contributed by atoms with Gasteiger partial charge in [0.15, 0.2) is 11.0 Å². The molecule has 34 heavy (non-hydrogen) atoms. The molecule has 3 aromatic rings. The van der Waals surface area contributed by atoms with Gasteiger partial charge in [0.2, 0.25) is 5.91 Å². The second kappa shape index (κ2) is 11.5. The second-order valence-corrected chi connectivity index (χ2v) is 9.72. The zero-order chi connectivity index (χ0) is 23.9. The van der Waals surface area contributed by atoms with E-state index in [9.17, 15) is 4.79 Å². The Labute approximate surface area is 206 Å². The average Bonchev–Trinajstić information content (AvgIpc) is 3.29. The molecule has 0 spiro atoms. The molecule has 2 heterocycles. The van der Waals surface area contributed by atoms with Crippen LogP contribution in [0.3, 0.4) is 0 Å². The SMILES string of the molecule is CCN1CCN(C(=O)[C@H](C)Sc2nnc(-c3ccccc3OC)n2CCc2ccccc2)CC1. The number of thioether (sulfide) groups is 1. The van der Waals surface area contributed by atoms with Crippen LogP contribution >= 0.6 is 11.8 Å². The lowest BCUT2D eigenvalue weighted by Crippen LogP contribution is -2.50. The van der Waals surface area contributed by atoms with E-state index >= 15 is 0 Å². The number of hydrogen-bond acceptors (Lipinski definition) is 6. The summed E-state index contributed by atoms with van der Waals surface area (Å²) in [5, 5.41) is 9.57. The Hall–Kier alpha value is -2.84. The number of carbonyl (C=O) groups is 1. The lowest BCUT2D eigenvalue weighted by molar-refractivity contribution is -0.132. The molecular weight excluding hydrogens is 446 g/mol. The number of aromatic nitrogens is 3. The molecule has 1 aromatic heterocycles. The Morgan fingerprint density at radius 1 is 1.03 bits per heavy atom. The summed E-state index contributed by atoms with van der Waals surface area (Å²) < 4.78 is 7.71. The van der Waals surface area contributed by atoms with Crippen molar-refractivity contribution in [1.29, 1.82) is 0 Å². The summed E-state index contributed by atoms with van der Waals surface area (Å²) in [5.74, 6) is 1.68. The van der Waals surface area contributed by atoms with Gasteiger partial charge in [-0.2, -0.15) is 0 Å². The molecule has 2 aromatic carbocycles. The highest BCUT2D eigenvalue weighted by Gasteiger charge is 2.27. The van der Waals surface area contributed by atoms with Gasteiger partial charge in [-0.25, -0.2) is 0 Å². The van der Waals surface area contributed by atoms with Crippen molar-refractivity contribution in [2.75, 3.05) is 39.8 Å². The van der Waals surface area contributed by atoms with Crippen molar-refractivity contribution < 1.29 is 9.53 Å². The van der Waals surface area contributed by atoms with Crippen molar-refractivity contribution in [3.63, 3.8) is 0 Å². The molecule has 0 bridgehead atoms. The molecule has 8 heteroatoms. The topological polar surface area (TPSA) is 63.5 Å². The lowest BCUT2D eigenvalue weighted by Gasteiger charge is -2.35. The number of methoxy groups -OCH3 is 1. The van der Waals surface area contributed by atoms with Crippen LogP contribution in [0, 0.1) is 0 Å². The smallest absolute Gasteiger partial charge is 0.235 e. The average molecular weight is 480 g/mol. The number of hydrogen-bond donors (Lipinski definition) is 0. The van der Waals surface area contributed by atoms with Gasteiger partial charge < -0.3 is 19.1 Å². The molecule has 1 aliphatic heterocycles. The normalized spacial score (nSPS) is 15.3. The molecule has 0 unspecified atom stereocenters. The highest BCUT2D eigenvalue weighted by molar-refractivity contribution is 8.00. The predicted molar refractivity (Wildman–Crippen MR) is 136 cm³/mol. The first kappa shape index (κ1) is 24.3. The van der Waals surface area contributed by atoms with Gasteiger partial charge in [0, 0.05) is 32.7 Å². The quantitative estimate of drug-likeness (QED) is 0.435. The van der Waals surface area contributed by atoms with E-state index in [-0.39, 0.29) is 11.2 Å². The van der Waals surface area contributed by atoms with E-state index in [0.717, 1.165) is 61.4 Å². The van der Waals surface area contributed by atoms with E-state index in [1.54, 1.807) is 7.11 Å². The minimum absolute atomic E-state index is 0.164. The fourth-order valence-corrected chi connectivity index (χ4v) is 5.20. The Balaban J connectivity index is 1.56. The monoisotopic (exact) mass is 479 g/mol. The van der Waals surface area contributed by atoms with Crippen molar-refractivity contribution in [3.8, 4) is 17.1 Å². The summed E-state index contributed by atoms with van der Waals surface area (Å²) in [4.78, 5) is 17.5. The van der Waals surface area contributed by atoms with Crippen molar-refractivity contribution in [1.82, 2.24) is 24.6 Å². The maximum atomic E-state index is 13.2. The zero-order valence-electron chi connectivity index (χ0n) is 20.2. The fourth-order valence-electron chi connectivity index (χ4n) is 4.24. The van der Waals surface area contributed by atoms with Crippen LogP contribution in [0.4, 0.5) is 0 Å². The van der Waals surface area contributed by atoms with Crippen molar-refractivity contribution >= 4 is 17.7 Å². The Morgan fingerprint density at radius 3 is 2.44 bits per heavy atom. The van der Waals surface area contributed by atoms with Gasteiger partial charge in [-0.05, 0) is 37.6 Å². The molecular formula is C26H33N5O2S. The van der Waals surface area contributed by atoms with Crippen molar-refractivity contribution in [2.24, 2.45) is 0 Å². The molecule has 1 fully saturated rings. The summed E-state index contributed by atoms with van der Waals surface area (Å²) in [6.45, 7) is 9.31. The Morgan fingerprint density at radius 2 is 1.74 bits per heavy atom. The largest absolute Gasteiger partial charge is 0.496 e. The summed E-state index contributed by atoms with van der Waals surface area (Å²) in [5.41, 5.74) is 2.14. The highest BCUT2D eigenvalue weighted by Crippen LogP contribution is 2.32. The summed E-state index contributed by atoms with van der Waals surface area (Å²) >= 11 is 1.49. The van der Waals surface area contributed by atoms with Gasteiger partial charge >= 0.3 is 0 Å². The number of ether oxygens (including phenoxy) is 1. The van der Waals surface area contributed by atoms with E-state index in [4.69, 9.17) is 4.74 Å². The molecule has 180 valence electrons. The molecule has 0 radical (unpaired) electrons. The third-order valence-electron chi connectivity index (χ3n) is 6.29. The van der Waals surface area contributed by atoms with Crippen LogP contribution in [0.2, 0.25) is 0 Å². The fraction of sp³-hybridized carbons (Fsp3) is 0.423. The summed E-state index contributed by atoms with van der Waals surface area (Å²) in [6.07, 6.45) is 0.843. The van der Waals surface area contributed by atoms with Crippen LogP contribution in [0.5, 0.6) is 5.75 Å². The number of rotatable bonds is 9. The van der Waals surface area contributed by atoms with Crippen molar-refractivity contribution in [2.45, 2.75) is 37.2 Å². The predicted octanol–water partition coefficient (Wildman–Crippen LogP) is 3.84. The van der Waals surface area contributed by atoms with Crippen LogP contribution in [0.15, 0.2) is 59.8 Å². The van der Waals surface area contributed by atoms with E-state index < -0.39 is 0 Å². The van der Waals surface area contributed by atoms with E-state index in [0.29, 0.717) is 6.54 Å². The number of amides is 1. The van der Waals surface area contributed by atoms with Crippen LogP contribution in [0.25, 0.3) is 11.4 Å². The minimum atomic E-state index is -0.238. The standard InChI is InChI=1S/C26H33N5O2S/c1-4-29-16-18-30(19-17-29)25(32)20(2)34-26-28-27-24(22-12-8-9-13-23(22)33-3)31(26)15-14-21-10-6-5-7-11-21/h5-13,20H,4,14-19H2,1-3H3/t20-/m0/s1. The number of benzene rings is 2. The van der Waals surface area contributed by atoms with Crippen LogP contribution in [0.1, 0.15) is 19.4 Å². The third-order valence-corrected chi connectivity index (χ3v) is 7.36. The van der Waals surface area contributed by atoms with Gasteiger partial charge in [0.1, 0.15) is 5.75 Å². The number of likely N-dealkylation sites (N-methyl/N-ethyl adjacent to an activating group) is 1. The summed E-state index contributed by atoms with van der Waals surface area (Å²) in [6, 6.07) is 18.2. The van der Waals surface area contributed by atoms with Crippen LogP contribution in [-0.2, 0) is 17.8 Å². The minimum Gasteiger partial charge on any atom is -0.496 e. The molecule has 1 saturated heterocycles. The van der Waals surface area contributed by atoms with Crippen molar-refractivity contribution in [3.05, 3.63) is 60.2 Å². The number of nitrogens with zero attached hydrogens (tertiary/aromatic N) is 5. The first-order chi connectivity index (χ1) is 16.6. The Kier molecular flexibility index (Phi) is 8.24. The second-order valence-electron chi connectivity index (χ2n) is 8.41. The number of aryl methyl sites for hydroxylation is 1. The van der Waals surface area contributed by atoms with E-state index in [1.165, 1.54) is 17.3 Å². The molecule has 0 aliphatic carbocycles. The van der Waals surface area contributed by atoms with E-state index in [1.807, 2.05) is 42.2 Å². The van der Waals surface area contributed by atoms with Crippen LogP contribution in [-0.4, -0.2) is 75.6 Å². The highest BCUT2D eigenvalue weighted by atomic mass is 32.2. The third kappa shape index (κ3) is 5.62. The van der Waals surface area contributed by atoms with Gasteiger partial charge in [0.25, 0.3) is 0 Å². The number of para-hydroxylation sites is 1. The number of piperazine rings is 1. The van der Waals surface area contributed by atoms with Gasteiger partial charge in [-0.3, -0.25) is 4.79 Å². The molecule has 7 nitrogen and oxygen atoms in total. The van der Waals surface area contributed by atoms with Gasteiger partial charge in [-0.1, -0.05) is 61.2 Å². The lowest BCUT2D eigenvalue weighted by atomic mass is 10.1. The maximum Gasteiger partial charge on any atom is 0.235 e. The zero-order valence-corrected chi connectivity index (χ0v) is 21.0. The molecule has 0 N–H and O–H groups in total. The first-order valence-electron chi connectivity index (χ1n) is 11.9. The molecule has 1 atom stereocenters. The van der Waals surface area contributed by atoms with Gasteiger partial charge in [-0.15, -0.1) is 10.2 Å². The number of carbonyl (C=O) groups excluding carboxylic acids is 1. The molecule has 1 aliphatic rings.